The van der Waals surface area contributed by atoms with Crippen molar-refractivity contribution >= 4 is 17.6 Å². The van der Waals surface area contributed by atoms with Gasteiger partial charge in [0.1, 0.15) is 5.69 Å². The van der Waals surface area contributed by atoms with Gasteiger partial charge in [0.05, 0.1) is 17.8 Å². The van der Waals surface area contributed by atoms with Gasteiger partial charge in [0.2, 0.25) is 0 Å². The van der Waals surface area contributed by atoms with Gasteiger partial charge in [-0.25, -0.2) is 4.68 Å². The van der Waals surface area contributed by atoms with Crippen molar-refractivity contribution in [2.75, 3.05) is 5.32 Å². The van der Waals surface area contributed by atoms with Gasteiger partial charge in [0, 0.05) is 7.05 Å². The molecule has 0 aliphatic rings. The molecule has 178 valence electrons. The van der Waals surface area contributed by atoms with Crippen molar-refractivity contribution in [3.63, 3.8) is 0 Å². The summed E-state index contributed by atoms with van der Waals surface area (Å²) in [5.74, 6) is -1.09. The molecule has 0 aliphatic heterocycles. The SMILES string of the molecule is Cc1c(NC(=O)C(C)OC(=O)Cc2ccc(-c3ccccc3)cc2)c(=O)n(-c2ccccc2)n1C. The molecule has 0 saturated heterocycles. The molecule has 0 radical (unpaired) electrons. The molecule has 4 aromatic rings. The number of ether oxygens (including phenoxy) is 1. The zero-order valence-corrected chi connectivity index (χ0v) is 19.9. The standard InChI is InChI=1S/C28H27N3O4/c1-19-26(28(34)31(30(19)3)24-12-8-5-9-13-24)29-27(33)20(2)35-25(32)18-21-14-16-23(17-15-21)22-10-6-4-7-11-22/h4-17,20H,18H2,1-3H3,(H,29,33). The van der Waals surface area contributed by atoms with Crippen LogP contribution in [0.15, 0.2) is 89.7 Å². The van der Waals surface area contributed by atoms with E-state index in [1.165, 1.54) is 11.6 Å². The Bertz CT molecular complexity index is 1390. The van der Waals surface area contributed by atoms with E-state index < -0.39 is 18.0 Å². The Morgan fingerprint density at radius 2 is 1.46 bits per heavy atom. The number of para-hydroxylation sites is 1. The Hall–Kier alpha value is -4.39. The van der Waals surface area contributed by atoms with Crippen LogP contribution in [0.25, 0.3) is 16.8 Å². The second-order valence-electron chi connectivity index (χ2n) is 8.30. The van der Waals surface area contributed by atoms with Crippen LogP contribution in [0.3, 0.4) is 0 Å². The molecule has 0 bridgehead atoms. The number of amides is 1. The predicted octanol–water partition coefficient (Wildman–Crippen LogP) is 4.26. The third-order valence-corrected chi connectivity index (χ3v) is 5.89. The van der Waals surface area contributed by atoms with Crippen molar-refractivity contribution in [2.24, 2.45) is 7.05 Å². The number of nitrogens with one attached hydrogen (secondary N) is 1. The summed E-state index contributed by atoms with van der Waals surface area (Å²) in [6.45, 7) is 3.23. The van der Waals surface area contributed by atoms with E-state index >= 15 is 0 Å². The van der Waals surface area contributed by atoms with Gasteiger partial charge in [-0.2, -0.15) is 0 Å². The Kier molecular flexibility index (Phi) is 6.96. The number of carbonyl (C=O) groups excluding carboxylic acids is 2. The van der Waals surface area contributed by atoms with Crippen molar-refractivity contribution in [1.29, 1.82) is 0 Å². The van der Waals surface area contributed by atoms with Crippen molar-refractivity contribution in [3.8, 4) is 16.8 Å². The molecule has 0 aliphatic carbocycles. The van der Waals surface area contributed by atoms with Gasteiger partial charge in [-0.3, -0.25) is 19.1 Å². The predicted molar refractivity (Wildman–Crippen MR) is 136 cm³/mol. The lowest BCUT2D eigenvalue weighted by Crippen LogP contribution is -2.32. The van der Waals surface area contributed by atoms with Gasteiger partial charge >= 0.3 is 5.97 Å². The Labute approximate surface area is 203 Å². The topological polar surface area (TPSA) is 82.3 Å². The summed E-state index contributed by atoms with van der Waals surface area (Å²) in [5, 5.41) is 2.63. The van der Waals surface area contributed by atoms with Crippen LogP contribution in [0.2, 0.25) is 0 Å². The number of anilines is 1. The molecule has 7 heteroatoms. The van der Waals surface area contributed by atoms with Crippen LogP contribution in [-0.2, 0) is 27.8 Å². The summed E-state index contributed by atoms with van der Waals surface area (Å²) >= 11 is 0. The average molecular weight is 470 g/mol. The van der Waals surface area contributed by atoms with Gasteiger partial charge in [-0.1, -0.05) is 72.8 Å². The maximum absolute atomic E-state index is 13.0. The lowest BCUT2D eigenvalue weighted by atomic mass is 10.0. The molecule has 1 heterocycles. The molecular formula is C28H27N3O4. The molecule has 1 aromatic heterocycles. The largest absolute Gasteiger partial charge is 0.452 e. The highest BCUT2D eigenvalue weighted by molar-refractivity contribution is 5.95. The van der Waals surface area contributed by atoms with Gasteiger partial charge in [0.25, 0.3) is 11.5 Å². The molecule has 4 rings (SSSR count). The lowest BCUT2D eigenvalue weighted by molar-refractivity contribution is -0.152. The molecule has 0 fully saturated rings. The second-order valence-corrected chi connectivity index (χ2v) is 8.30. The van der Waals surface area contributed by atoms with E-state index in [0.29, 0.717) is 11.4 Å². The van der Waals surface area contributed by atoms with Crippen molar-refractivity contribution in [1.82, 2.24) is 9.36 Å². The first-order valence-electron chi connectivity index (χ1n) is 11.3. The third kappa shape index (κ3) is 5.24. The summed E-state index contributed by atoms with van der Waals surface area (Å²) in [6, 6.07) is 26.7. The third-order valence-electron chi connectivity index (χ3n) is 5.89. The maximum Gasteiger partial charge on any atom is 0.311 e. The summed E-state index contributed by atoms with van der Waals surface area (Å²) < 4.78 is 8.48. The fourth-order valence-electron chi connectivity index (χ4n) is 3.84. The van der Waals surface area contributed by atoms with Gasteiger partial charge in [-0.15, -0.1) is 0 Å². The maximum atomic E-state index is 13.0. The monoisotopic (exact) mass is 469 g/mol. The van der Waals surface area contributed by atoms with Crippen molar-refractivity contribution < 1.29 is 14.3 Å². The van der Waals surface area contributed by atoms with E-state index in [9.17, 15) is 14.4 Å². The van der Waals surface area contributed by atoms with Crippen molar-refractivity contribution in [3.05, 3.63) is 107 Å². The number of hydrogen-bond acceptors (Lipinski definition) is 4. The zero-order chi connectivity index (χ0) is 24.9. The Morgan fingerprint density at radius 3 is 2.09 bits per heavy atom. The number of nitrogens with zero attached hydrogens (tertiary/aromatic N) is 2. The van der Waals surface area contributed by atoms with E-state index in [4.69, 9.17) is 4.74 Å². The molecule has 1 unspecified atom stereocenters. The minimum atomic E-state index is -1.06. The number of hydrogen-bond donors (Lipinski definition) is 1. The van der Waals surface area contributed by atoms with Crippen LogP contribution in [0, 0.1) is 6.92 Å². The quantitative estimate of drug-likeness (QED) is 0.410. The fraction of sp³-hybridized carbons (Fsp3) is 0.179. The molecule has 0 spiro atoms. The molecule has 1 N–H and O–H groups in total. The Morgan fingerprint density at radius 1 is 0.886 bits per heavy atom. The van der Waals surface area contributed by atoms with E-state index in [1.807, 2.05) is 84.9 Å². The first-order valence-corrected chi connectivity index (χ1v) is 11.3. The van der Waals surface area contributed by atoms with E-state index in [0.717, 1.165) is 16.7 Å². The van der Waals surface area contributed by atoms with E-state index in [1.54, 1.807) is 18.7 Å². The summed E-state index contributed by atoms with van der Waals surface area (Å²) in [7, 11) is 1.74. The molecule has 1 amide bonds. The fourth-order valence-corrected chi connectivity index (χ4v) is 3.84. The molecule has 1 atom stereocenters. The zero-order valence-electron chi connectivity index (χ0n) is 19.9. The van der Waals surface area contributed by atoms with Crippen LogP contribution < -0.4 is 10.9 Å². The minimum Gasteiger partial charge on any atom is -0.452 e. The van der Waals surface area contributed by atoms with Crippen LogP contribution in [0.1, 0.15) is 18.2 Å². The minimum absolute atomic E-state index is 0.0396. The number of benzene rings is 3. The Balaban J connectivity index is 1.39. The van der Waals surface area contributed by atoms with E-state index in [2.05, 4.69) is 5.32 Å². The molecule has 3 aromatic carbocycles. The lowest BCUT2D eigenvalue weighted by Gasteiger charge is -2.13. The van der Waals surface area contributed by atoms with E-state index in [-0.39, 0.29) is 17.7 Å². The molecular weight excluding hydrogens is 442 g/mol. The highest BCUT2D eigenvalue weighted by Gasteiger charge is 2.23. The van der Waals surface area contributed by atoms with Gasteiger partial charge in [0.15, 0.2) is 6.10 Å². The number of aromatic nitrogens is 2. The summed E-state index contributed by atoms with van der Waals surface area (Å²) in [4.78, 5) is 38.1. The highest BCUT2D eigenvalue weighted by Crippen LogP contribution is 2.20. The van der Waals surface area contributed by atoms with Gasteiger partial charge < -0.3 is 10.1 Å². The van der Waals surface area contributed by atoms with Crippen LogP contribution in [0.4, 0.5) is 5.69 Å². The smallest absolute Gasteiger partial charge is 0.311 e. The van der Waals surface area contributed by atoms with Crippen molar-refractivity contribution in [2.45, 2.75) is 26.4 Å². The first kappa shape index (κ1) is 23.8. The summed E-state index contributed by atoms with van der Waals surface area (Å²) in [6.07, 6.45) is -1.02. The number of carbonyl (C=O) groups is 2. The molecule has 35 heavy (non-hydrogen) atoms. The van der Waals surface area contributed by atoms with Gasteiger partial charge in [-0.05, 0) is 42.7 Å². The first-order chi connectivity index (χ1) is 16.8. The highest BCUT2D eigenvalue weighted by atomic mass is 16.5. The normalized spacial score (nSPS) is 11.6. The van der Waals surface area contributed by atoms with Crippen LogP contribution >= 0.6 is 0 Å². The summed E-state index contributed by atoms with van der Waals surface area (Å²) in [5.41, 5.74) is 3.99. The second kappa shape index (κ2) is 10.3. The molecule has 0 saturated carbocycles. The average Bonchev–Trinajstić information content (AvgIpc) is 3.08. The molecule has 7 nitrogen and oxygen atoms in total. The number of rotatable bonds is 7. The number of esters is 1. The van der Waals surface area contributed by atoms with Crippen LogP contribution in [-0.4, -0.2) is 27.3 Å². The van der Waals surface area contributed by atoms with Crippen LogP contribution in [0.5, 0.6) is 0 Å².